The third-order valence-electron chi connectivity index (χ3n) is 1.41. The summed E-state index contributed by atoms with van der Waals surface area (Å²) >= 11 is 11.2. The molecule has 0 aliphatic heterocycles. The van der Waals surface area contributed by atoms with Crippen molar-refractivity contribution in [3.05, 3.63) is 27.7 Å². The molecule has 2 N–H and O–H groups in total. The Kier molecular flexibility index (Phi) is 3.02. The summed E-state index contributed by atoms with van der Waals surface area (Å²) in [6.45, 7) is 0. The van der Waals surface area contributed by atoms with Gasteiger partial charge in [-0.15, -0.1) is 0 Å². The average Bonchev–Trinajstić information content (AvgIpc) is 1.99. The third kappa shape index (κ3) is 2.16. The number of sulfonamides is 1. The molecule has 0 unspecified atom stereocenters. The first-order valence-electron chi connectivity index (χ1n) is 3.28. The zero-order chi connectivity index (χ0) is 10.9. The summed E-state index contributed by atoms with van der Waals surface area (Å²) in [6.07, 6.45) is 0. The first kappa shape index (κ1) is 11.3. The number of benzene rings is 1. The molecule has 1 aromatic carbocycles. The Bertz CT molecular complexity index is 496. The van der Waals surface area contributed by atoms with Gasteiger partial charge in [-0.1, -0.05) is 23.2 Å². The molecule has 0 heterocycles. The van der Waals surface area contributed by atoms with E-state index in [4.69, 9.17) is 33.6 Å². The smallest absolute Gasteiger partial charge is 0.225 e. The molecule has 0 amide bonds. The molecule has 0 aromatic heterocycles. The Hall–Kier alpha value is -0.800. The predicted octanol–water partition coefficient (Wildman–Crippen LogP) is 1.51. The van der Waals surface area contributed by atoms with Gasteiger partial charge >= 0.3 is 0 Å². The molecular formula is C7H4Cl2N2O2S. The lowest BCUT2D eigenvalue weighted by molar-refractivity contribution is 0.598. The van der Waals surface area contributed by atoms with Gasteiger partial charge in [-0.25, -0.2) is 13.6 Å². The second-order valence-corrected chi connectivity index (χ2v) is 4.74. The summed E-state index contributed by atoms with van der Waals surface area (Å²) in [7, 11) is -3.96. The van der Waals surface area contributed by atoms with Gasteiger partial charge in [0.25, 0.3) is 0 Å². The lowest BCUT2D eigenvalue weighted by Gasteiger charge is -2.04. The summed E-state index contributed by atoms with van der Waals surface area (Å²) in [5, 5.41) is 13.1. The van der Waals surface area contributed by atoms with E-state index in [0.29, 0.717) is 0 Å². The first-order chi connectivity index (χ1) is 6.36. The fourth-order valence-electron chi connectivity index (χ4n) is 0.896. The van der Waals surface area contributed by atoms with Crippen molar-refractivity contribution in [3.63, 3.8) is 0 Å². The topological polar surface area (TPSA) is 83.9 Å². The van der Waals surface area contributed by atoms with Crippen molar-refractivity contribution < 1.29 is 8.42 Å². The minimum atomic E-state index is -3.96. The minimum absolute atomic E-state index is 0.156. The van der Waals surface area contributed by atoms with Crippen molar-refractivity contribution >= 4 is 33.2 Å². The molecule has 0 saturated carbocycles. The van der Waals surface area contributed by atoms with Crippen molar-refractivity contribution in [1.29, 1.82) is 5.26 Å². The van der Waals surface area contributed by atoms with Gasteiger partial charge in [0, 0.05) is 0 Å². The van der Waals surface area contributed by atoms with Crippen molar-refractivity contribution in [2.75, 3.05) is 0 Å². The fourth-order valence-corrected chi connectivity index (χ4v) is 2.69. The van der Waals surface area contributed by atoms with Gasteiger partial charge < -0.3 is 0 Å². The molecule has 0 aliphatic rings. The highest BCUT2D eigenvalue weighted by molar-refractivity contribution is 7.89. The Morgan fingerprint density at radius 3 is 2.00 bits per heavy atom. The van der Waals surface area contributed by atoms with Crippen molar-refractivity contribution in [2.45, 2.75) is 4.90 Å². The molecule has 0 bridgehead atoms. The first-order valence-corrected chi connectivity index (χ1v) is 5.58. The molecule has 0 fully saturated rings. The molecule has 14 heavy (non-hydrogen) atoms. The largest absolute Gasteiger partial charge is 0.241 e. The highest BCUT2D eigenvalue weighted by atomic mass is 35.5. The van der Waals surface area contributed by atoms with Gasteiger partial charge in [-0.3, -0.25) is 0 Å². The number of hydrogen-bond acceptors (Lipinski definition) is 3. The zero-order valence-electron chi connectivity index (χ0n) is 6.66. The summed E-state index contributed by atoms with van der Waals surface area (Å²) < 4.78 is 22.0. The lowest BCUT2D eigenvalue weighted by Crippen LogP contribution is -2.13. The maximum atomic E-state index is 11.0. The fraction of sp³-hybridized carbons (Fsp3) is 0. The third-order valence-corrected chi connectivity index (χ3v) is 3.24. The SMILES string of the molecule is N#Cc1cc(Cl)c(S(N)(=O)=O)c(Cl)c1. The van der Waals surface area contributed by atoms with Crippen LogP contribution in [0.5, 0.6) is 0 Å². The molecule has 0 radical (unpaired) electrons. The number of halogens is 2. The lowest BCUT2D eigenvalue weighted by atomic mass is 10.2. The molecule has 4 nitrogen and oxygen atoms in total. The van der Waals surface area contributed by atoms with Crippen LogP contribution in [-0.2, 0) is 10.0 Å². The molecule has 0 atom stereocenters. The number of rotatable bonds is 1. The van der Waals surface area contributed by atoms with Crippen LogP contribution in [-0.4, -0.2) is 8.42 Å². The maximum Gasteiger partial charge on any atom is 0.241 e. The quantitative estimate of drug-likeness (QED) is 0.820. The summed E-state index contributed by atoms with van der Waals surface area (Å²) in [5.41, 5.74) is 0.174. The van der Waals surface area contributed by atoms with Crippen LogP contribution in [0.2, 0.25) is 10.0 Å². The van der Waals surface area contributed by atoms with Gasteiger partial charge in [-0.05, 0) is 12.1 Å². The molecule has 7 heteroatoms. The van der Waals surface area contributed by atoms with E-state index >= 15 is 0 Å². The van der Waals surface area contributed by atoms with Crippen LogP contribution in [0, 0.1) is 11.3 Å². The molecule has 1 rings (SSSR count). The number of primary sulfonamides is 1. The highest BCUT2D eigenvalue weighted by Gasteiger charge is 2.18. The van der Waals surface area contributed by atoms with E-state index in [1.165, 1.54) is 12.1 Å². The molecule has 1 aromatic rings. The Morgan fingerprint density at radius 2 is 1.71 bits per heavy atom. The molecular weight excluding hydrogens is 247 g/mol. The van der Waals surface area contributed by atoms with E-state index in [9.17, 15) is 8.42 Å². The van der Waals surface area contributed by atoms with Crippen LogP contribution in [0.25, 0.3) is 0 Å². The maximum absolute atomic E-state index is 11.0. The van der Waals surface area contributed by atoms with Crippen LogP contribution >= 0.6 is 23.2 Å². The second kappa shape index (κ2) is 3.75. The van der Waals surface area contributed by atoms with Gasteiger partial charge in [0.15, 0.2) is 0 Å². The number of nitrogens with zero attached hydrogens (tertiary/aromatic N) is 1. The van der Waals surface area contributed by atoms with E-state index in [1.54, 1.807) is 6.07 Å². The normalized spacial score (nSPS) is 11.0. The van der Waals surface area contributed by atoms with Crippen molar-refractivity contribution in [1.82, 2.24) is 0 Å². The number of nitriles is 1. The van der Waals surface area contributed by atoms with Crippen molar-refractivity contribution in [3.8, 4) is 6.07 Å². The predicted molar refractivity (Wildman–Crippen MR) is 52.6 cm³/mol. The average molecular weight is 251 g/mol. The Morgan fingerprint density at radius 1 is 1.29 bits per heavy atom. The van der Waals surface area contributed by atoms with E-state index in [0.717, 1.165) is 0 Å². The van der Waals surface area contributed by atoms with Gasteiger partial charge in [0.2, 0.25) is 10.0 Å². The number of nitrogens with two attached hydrogens (primary N) is 1. The Balaban J connectivity index is 3.59. The van der Waals surface area contributed by atoms with Crippen molar-refractivity contribution in [2.24, 2.45) is 5.14 Å². The molecule has 0 spiro atoms. The highest BCUT2D eigenvalue weighted by Crippen LogP contribution is 2.29. The molecule has 0 saturated heterocycles. The van der Waals surface area contributed by atoms with Crippen LogP contribution in [0.4, 0.5) is 0 Å². The minimum Gasteiger partial charge on any atom is -0.225 e. The summed E-state index contributed by atoms with van der Waals surface area (Å²) in [6, 6.07) is 4.16. The van der Waals surface area contributed by atoms with Crippen LogP contribution in [0.3, 0.4) is 0 Å². The van der Waals surface area contributed by atoms with E-state index in [2.05, 4.69) is 0 Å². The van der Waals surface area contributed by atoms with Gasteiger partial charge in [0.05, 0.1) is 21.7 Å². The van der Waals surface area contributed by atoms with Crippen LogP contribution < -0.4 is 5.14 Å². The van der Waals surface area contributed by atoms with E-state index < -0.39 is 10.0 Å². The van der Waals surface area contributed by atoms with Crippen LogP contribution in [0.15, 0.2) is 17.0 Å². The van der Waals surface area contributed by atoms with E-state index in [1.807, 2.05) is 0 Å². The monoisotopic (exact) mass is 250 g/mol. The van der Waals surface area contributed by atoms with Gasteiger partial charge in [0.1, 0.15) is 4.90 Å². The zero-order valence-corrected chi connectivity index (χ0v) is 8.99. The van der Waals surface area contributed by atoms with Gasteiger partial charge in [-0.2, -0.15) is 5.26 Å². The molecule has 0 aliphatic carbocycles. The second-order valence-electron chi connectivity index (χ2n) is 2.43. The van der Waals surface area contributed by atoms with E-state index in [-0.39, 0.29) is 20.5 Å². The Labute approximate surface area is 90.9 Å². The van der Waals surface area contributed by atoms with Crippen LogP contribution in [0.1, 0.15) is 5.56 Å². The standard InChI is InChI=1S/C7H4Cl2N2O2S/c8-5-1-4(3-10)2-6(9)7(5)14(11,12)13/h1-2H,(H2,11,12,13). The summed E-state index contributed by atoms with van der Waals surface area (Å²) in [5.74, 6) is 0. The number of hydrogen-bond donors (Lipinski definition) is 1. The summed E-state index contributed by atoms with van der Waals surface area (Å²) in [4.78, 5) is -0.361. The molecule has 74 valence electrons.